The van der Waals surface area contributed by atoms with Gasteiger partial charge in [-0.25, -0.2) is 4.79 Å². The number of hydrogen-bond donors (Lipinski definition) is 2. The third-order valence-corrected chi connectivity index (χ3v) is 4.47. The van der Waals surface area contributed by atoms with E-state index in [1.54, 1.807) is 31.2 Å². The van der Waals surface area contributed by atoms with Crippen molar-refractivity contribution in [3.63, 3.8) is 0 Å². The Morgan fingerprint density at radius 2 is 1.95 bits per heavy atom. The molecular weight excluding hydrogens is 352 g/mol. The molecule has 0 aromatic heterocycles. The molecular formula is C15H17BrN2O4. The fourth-order valence-electron chi connectivity index (χ4n) is 2.59. The molecule has 0 bridgehead atoms. The van der Waals surface area contributed by atoms with Gasteiger partial charge in [0.2, 0.25) is 5.91 Å². The van der Waals surface area contributed by atoms with Gasteiger partial charge in [0, 0.05) is 16.6 Å². The summed E-state index contributed by atoms with van der Waals surface area (Å²) in [6.07, 6.45) is -0.0246. The van der Waals surface area contributed by atoms with Gasteiger partial charge in [0.25, 0.3) is 0 Å². The highest BCUT2D eigenvalue weighted by Crippen LogP contribution is 2.29. The van der Waals surface area contributed by atoms with Crippen LogP contribution in [0.3, 0.4) is 0 Å². The lowest BCUT2D eigenvalue weighted by molar-refractivity contribution is -0.129. The minimum absolute atomic E-state index is 0.149. The summed E-state index contributed by atoms with van der Waals surface area (Å²) in [5.74, 6) is -0.651. The summed E-state index contributed by atoms with van der Waals surface area (Å²) in [4.78, 5) is 36.7. The van der Waals surface area contributed by atoms with E-state index < -0.39 is 17.5 Å². The number of rotatable bonds is 4. The van der Waals surface area contributed by atoms with Crippen LogP contribution in [0.25, 0.3) is 0 Å². The van der Waals surface area contributed by atoms with Gasteiger partial charge in [-0.05, 0) is 31.9 Å². The fraction of sp³-hybridized carbons (Fsp3) is 0.400. The largest absolute Gasteiger partial charge is 0.465 e. The Morgan fingerprint density at radius 1 is 1.32 bits per heavy atom. The average molecular weight is 369 g/mol. The molecule has 0 saturated carbocycles. The zero-order valence-corrected chi connectivity index (χ0v) is 13.7. The molecule has 0 spiro atoms. The van der Waals surface area contributed by atoms with Gasteiger partial charge >= 0.3 is 6.09 Å². The summed E-state index contributed by atoms with van der Waals surface area (Å²) >= 11 is 3.29. The van der Waals surface area contributed by atoms with Crippen LogP contribution in [0.4, 0.5) is 4.79 Å². The van der Waals surface area contributed by atoms with Gasteiger partial charge in [-0.3, -0.25) is 14.5 Å². The van der Waals surface area contributed by atoms with E-state index in [1.165, 1.54) is 0 Å². The predicted molar refractivity (Wildman–Crippen MR) is 83.9 cm³/mol. The van der Waals surface area contributed by atoms with E-state index in [4.69, 9.17) is 5.11 Å². The summed E-state index contributed by atoms with van der Waals surface area (Å²) in [5.41, 5.74) is -0.610. The molecule has 118 valence electrons. The van der Waals surface area contributed by atoms with E-state index in [0.29, 0.717) is 24.9 Å². The second kappa shape index (κ2) is 6.48. The topological polar surface area (TPSA) is 86.7 Å². The Kier molecular flexibility index (Phi) is 4.85. The van der Waals surface area contributed by atoms with Crippen molar-refractivity contribution in [1.29, 1.82) is 0 Å². The second-order valence-corrected chi connectivity index (χ2v) is 6.34. The third kappa shape index (κ3) is 3.30. The Labute approximate surface area is 136 Å². The van der Waals surface area contributed by atoms with E-state index in [2.05, 4.69) is 21.2 Å². The number of benzene rings is 1. The zero-order chi connectivity index (χ0) is 16.3. The smallest absolute Gasteiger partial charge is 0.408 e. The predicted octanol–water partition coefficient (Wildman–Crippen LogP) is 2.28. The molecule has 1 aliphatic rings. The third-order valence-electron chi connectivity index (χ3n) is 3.94. The molecule has 1 fully saturated rings. The number of likely N-dealkylation sites (tertiary alicyclic amines) is 1. The summed E-state index contributed by atoms with van der Waals surface area (Å²) in [6.45, 7) is 1.77. The first kappa shape index (κ1) is 16.5. The summed E-state index contributed by atoms with van der Waals surface area (Å²) in [6, 6.07) is 6.83. The Balaban J connectivity index is 1.99. The zero-order valence-electron chi connectivity index (χ0n) is 12.1. The maximum Gasteiger partial charge on any atom is 0.408 e. The first-order chi connectivity index (χ1) is 10.3. The highest BCUT2D eigenvalue weighted by molar-refractivity contribution is 9.10. The van der Waals surface area contributed by atoms with Crippen molar-refractivity contribution in [3.05, 3.63) is 34.3 Å². The summed E-state index contributed by atoms with van der Waals surface area (Å²) in [5, 5.41) is 11.7. The van der Waals surface area contributed by atoms with Crippen LogP contribution in [0.1, 0.15) is 30.1 Å². The molecule has 1 atom stereocenters. The molecule has 0 aliphatic carbocycles. The maximum atomic E-state index is 12.3. The Morgan fingerprint density at radius 3 is 2.55 bits per heavy atom. The van der Waals surface area contributed by atoms with Crippen molar-refractivity contribution in [2.45, 2.75) is 25.3 Å². The van der Waals surface area contributed by atoms with E-state index in [1.807, 2.05) is 0 Å². The highest BCUT2D eigenvalue weighted by atomic mass is 79.9. The number of carbonyl (C=O) groups is 3. The van der Waals surface area contributed by atoms with Gasteiger partial charge in [-0.1, -0.05) is 28.1 Å². The first-order valence-electron chi connectivity index (χ1n) is 6.92. The summed E-state index contributed by atoms with van der Waals surface area (Å²) < 4.78 is 0.864. The highest BCUT2D eigenvalue weighted by Gasteiger charge is 2.45. The molecule has 2 amide bonds. The molecule has 0 radical (unpaired) electrons. The fourth-order valence-corrected chi connectivity index (χ4v) is 2.86. The molecule has 1 aliphatic heterocycles. The minimum atomic E-state index is -1.12. The van der Waals surface area contributed by atoms with Crippen molar-refractivity contribution in [2.24, 2.45) is 0 Å². The van der Waals surface area contributed by atoms with E-state index in [0.717, 1.165) is 9.37 Å². The number of hydrogen-bond acceptors (Lipinski definition) is 3. The van der Waals surface area contributed by atoms with Crippen LogP contribution in [0, 0.1) is 0 Å². The normalized spacial score (nSPS) is 20.7. The maximum absolute atomic E-state index is 12.3. The monoisotopic (exact) mass is 368 g/mol. The van der Waals surface area contributed by atoms with E-state index >= 15 is 0 Å². The lowest BCUT2D eigenvalue weighted by Crippen LogP contribution is -2.55. The van der Waals surface area contributed by atoms with Crippen LogP contribution in [0.15, 0.2) is 28.7 Å². The SMILES string of the molecule is C[C@@]1(C(=O)NCC(=O)c2ccc(Br)cc2)CCCN1C(=O)O. The molecule has 22 heavy (non-hydrogen) atoms. The number of Topliss-reactive ketones (excluding diaryl/α,β-unsaturated/α-hetero) is 1. The van der Waals surface area contributed by atoms with Crippen LogP contribution in [-0.2, 0) is 4.79 Å². The van der Waals surface area contributed by atoms with Gasteiger partial charge < -0.3 is 10.4 Å². The Hall–Kier alpha value is -1.89. The van der Waals surface area contributed by atoms with Crippen LogP contribution in [0.5, 0.6) is 0 Å². The molecule has 2 rings (SSSR count). The van der Waals surface area contributed by atoms with Gasteiger partial charge in [-0.2, -0.15) is 0 Å². The summed E-state index contributed by atoms with van der Waals surface area (Å²) in [7, 11) is 0. The molecule has 0 unspecified atom stereocenters. The van der Waals surface area contributed by atoms with E-state index in [9.17, 15) is 14.4 Å². The molecule has 7 heteroatoms. The lowest BCUT2D eigenvalue weighted by Gasteiger charge is -2.31. The van der Waals surface area contributed by atoms with Gasteiger partial charge in [0.05, 0.1) is 6.54 Å². The number of carboxylic acid groups (broad SMARTS) is 1. The van der Waals surface area contributed by atoms with Crippen molar-refractivity contribution in [3.8, 4) is 0 Å². The minimum Gasteiger partial charge on any atom is -0.465 e. The second-order valence-electron chi connectivity index (χ2n) is 5.42. The number of ketones is 1. The van der Waals surface area contributed by atoms with Crippen LogP contribution < -0.4 is 5.32 Å². The van der Waals surface area contributed by atoms with Gasteiger partial charge in [-0.15, -0.1) is 0 Å². The average Bonchev–Trinajstić information content (AvgIpc) is 2.88. The molecule has 2 N–H and O–H groups in total. The number of halogens is 1. The first-order valence-corrected chi connectivity index (χ1v) is 7.71. The van der Waals surface area contributed by atoms with Gasteiger partial charge in [0.15, 0.2) is 5.78 Å². The van der Waals surface area contributed by atoms with Crippen molar-refractivity contribution in [1.82, 2.24) is 10.2 Å². The van der Waals surface area contributed by atoms with Gasteiger partial charge in [0.1, 0.15) is 5.54 Å². The van der Waals surface area contributed by atoms with Crippen LogP contribution in [0.2, 0.25) is 0 Å². The van der Waals surface area contributed by atoms with E-state index in [-0.39, 0.29) is 12.3 Å². The standard InChI is InChI=1S/C15H17BrN2O4/c1-15(7-2-8-18(15)14(21)22)13(20)17-9-12(19)10-3-5-11(16)6-4-10/h3-6H,2,7-9H2,1H3,(H,17,20)(H,21,22)/t15-/m0/s1. The molecule has 1 heterocycles. The van der Waals surface area contributed by atoms with Crippen molar-refractivity contribution >= 4 is 33.7 Å². The number of nitrogens with zero attached hydrogens (tertiary/aromatic N) is 1. The molecule has 6 nitrogen and oxygen atoms in total. The number of carbonyl (C=O) groups excluding carboxylic acids is 2. The molecule has 1 aromatic rings. The number of amides is 2. The van der Waals surface area contributed by atoms with Crippen LogP contribution >= 0.6 is 15.9 Å². The lowest BCUT2D eigenvalue weighted by atomic mass is 9.98. The molecule has 1 saturated heterocycles. The Bertz CT molecular complexity index is 602. The molecule has 1 aromatic carbocycles. The van der Waals surface area contributed by atoms with Crippen molar-refractivity contribution < 1.29 is 19.5 Å². The quantitative estimate of drug-likeness (QED) is 0.798. The number of nitrogens with one attached hydrogen (secondary N) is 1. The van der Waals surface area contributed by atoms with Crippen molar-refractivity contribution in [2.75, 3.05) is 13.1 Å². The van der Waals surface area contributed by atoms with Crippen LogP contribution in [-0.4, -0.2) is 46.4 Å².